The summed E-state index contributed by atoms with van der Waals surface area (Å²) >= 11 is 0. The molecule has 1 aromatic carbocycles. The van der Waals surface area contributed by atoms with Crippen molar-refractivity contribution in [3.05, 3.63) is 48.6 Å². The summed E-state index contributed by atoms with van der Waals surface area (Å²) in [4.78, 5) is 12.2. The highest BCUT2D eigenvalue weighted by atomic mass is 16.7. The van der Waals surface area contributed by atoms with Gasteiger partial charge in [-0.15, -0.1) is 6.58 Å². The van der Waals surface area contributed by atoms with Gasteiger partial charge in [0.2, 0.25) is 0 Å². The normalized spacial score (nSPS) is 18.2. The number of unbranched alkanes of at least 4 members (excludes halogenated alkanes) is 1. The minimum Gasteiger partial charge on any atom is -0.469 e. The topological polar surface area (TPSA) is 56.8 Å². The molecule has 1 saturated heterocycles. The highest BCUT2D eigenvalue weighted by Crippen LogP contribution is 2.36. The zero-order valence-corrected chi connectivity index (χ0v) is 15.9. The lowest BCUT2D eigenvalue weighted by Crippen LogP contribution is -2.44. The van der Waals surface area contributed by atoms with Crippen molar-refractivity contribution in [1.82, 2.24) is 5.32 Å². The Morgan fingerprint density at radius 3 is 2.62 bits per heavy atom. The molecule has 1 unspecified atom stereocenters. The molecule has 1 fully saturated rings. The molecule has 1 aliphatic heterocycles. The van der Waals surface area contributed by atoms with Crippen molar-refractivity contribution >= 4 is 5.97 Å². The van der Waals surface area contributed by atoms with Crippen LogP contribution >= 0.6 is 0 Å². The first-order chi connectivity index (χ1) is 12.6. The Balaban J connectivity index is 1.83. The SMILES string of the molecule is C=CCC(C(=O)OC)C1(CCCCN[C@@H](C)c2ccccc2)OCCO1. The van der Waals surface area contributed by atoms with Crippen LogP contribution in [0.15, 0.2) is 43.0 Å². The molecule has 0 bridgehead atoms. The summed E-state index contributed by atoms with van der Waals surface area (Å²) in [6.07, 6.45) is 4.75. The Bertz CT molecular complexity index is 554. The highest BCUT2D eigenvalue weighted by molar-refractivity contribution is 5.73. The summed E-state index contributed by atoms with van der Waals surface area (Å²) in [5.41, 5.74) is 1.28. The predicted molar refractivity (Wildman–Crippen MR) is 102 cm³/mol. The van der Waals surface area contributed by atoms with Crippen molar-refractivity contribution < 1.29 is 19.0 Å². The van der Waals surface area contributed by atoms with E-state index in [4.69, 9.17) is 14.2 Å². The van der Waals surface area contributed by atoms with E-state index >= 15 is 0 Å². The molecule has 2 atom stereocenters. The third-order valence-corrected chi connectivity index (χ3v) is 4.90. The fourth-order valence-electron chi connectivity index (χ4n) is 3.43. The van der Waals surface area contributed by atoms with Gasteiger partial charge < -0.3 is 19.5 Å². The van der Waals surface area contributed by atoms with Gasteiger partial charge in [-0.2, -0.15) is 0 Å². The van der Waals surface area contributed by atoms with Gasteiger partial charge in [0.15, 0.2) is 5.79 Å². The molecule has 26 heavy (non-hydrogen) atoms. The number of carbonyl (C=O) groups is 1. The molecule has 144 valence electrons. The van der Waals surface area contributed by atoms with Crippen molar-refractivity contribution in [3.8, 4) is 0 Å². The van der Waals surface area contributed by atoms with Crippen LogP contribution in [0.3, 0.4) is 0 Å². The minimum atomic E-state index is -0.883. The number of carbonyl (C=O) groups excluding carboxylic acids is 1. The second-order valence-corrected chi connectivity index (χ2v) is 6.65. The molecular weight excluding hydrogens is 330 g/mol. The van der Waals surface area contributed by atoms with Crippen LogP contribution in [0.4, 0.5) is 0 Å². The third-order valence-electron chi connectivity index (χ3n) is 4.90. The van der Waals surface area contributed by atoms with E-state index < -0.39 is 11.7 Å². The zero-order chi connectivity index (χ0) is 18.8. The lowest BCUT2D eigenvalue weighted by atomic mass is 9.90. The van der Waals surface area contributed by atoms with Gasteiger partial charge in [0.1, 0.15) is 5.92 Å². The van der Waals surface area contributed by atoms with Gasteiger partial charge in [0, 0.05) is 12.5 Å². The first kappa shape index (κ1) is 20.6. The number of allylic oxidation sites excluding steroid dienone is 1. The second-order valence-electron chi connectivity index (χ2n) is 6.65. The molecular formula is C21H31NO4. The molecule has 1 heterocycles. The van der Waals surface area contributed by atoms with E-state index in [2.05, 4.69) is 43.1 Å². The number of ether oxygens (including phenoxy) is 3. The van der Waals surface area contributed by atoms with Crippen LogP contribution < -0.4 is 5.32 Å². The van der Waals surface area contributed by atoms with Gasteiger partial charge in [-0.1, -0.05) is 36.4 Å². The average molecular weight is 361 g/mol. The van der Waals surface area contributed by atoms with Crippen LogP contribution in [-0.2, 0) is 19.0 Å². The average Bonchev–Trinajstić information content (AvgIpc) is 3.15. The van der Waals surface area contributed by atoms with Crippen LogP contribution in [-0.4, -0.2) is 38.6 Å². The molecule has 0 aliphatic carbocycles. The van der Waals surface area contributed by atoms with Crippen molar-refractivity contribution in [3.63, 3.8) is 0 Å². The fourth-order valence-corrected chi connectivity index (χ4v) is 3.43. The van der Waals surface area contributed by atoms with Crippen LogP contribution in [0, 0.1) is 5.92 Å². The van der Waals surface area contributed by atoms with Crippen molar-refractivity contribution in [2.24, 2.45) is 5.92 Å². The molecule has 0 aromatic heterocycles. The van der Waals surface area contributed by atoms with Gasteiger partial charge in [-0.3, -0.25) is 4.79 Å². The molecule has 1 aromatic rings. The largest absolute Gasteiger partial charge is 0.469 e. The quantitative estimate of drug-likeness (QED) is 0.371. The lowest BCUT2D eigenvalue weighted by Gasteiger charge is -2.33. The highest BCUT2D eigenvalue weighted by Gasteiger charge is 2.47. The van der Waals surface area contributed by atoms with E-state index in [-0.39, 0.29) is 5.97 Å². The van der Waals surface area contributed by atoms with E-state index in [1.54, 1.807) is 6.08 Å². The summed E-state index contributed by atoms with van der Waals surface area (Å²) in [7, 11) is 1.40. The van der Waals surface area contributed by atoms with E-state index in [0.717, 1.165) is 19.4 Å². The molecule has 0 amide bonds. The molecule has 1 N–H and O–H groups in total. The van der Waals surface area contributed by atoms with Crippen molar-refractivity contribution in [1.29, 1.82) is 0 Å². The number of esters is 1. The summed E-state index contributed by atoms with van der Waals surface area (Å²) in [5.74, 6) is -1.65. The predicted octanol–water partition coefficient (Wildman–Crippen LogP) is 3.62. The maximum Gasteiger partial charge on any atom is 0.314 e. The van der Waals surface area contributed by atoms with Gasteiger partial charge in [0.25, 0.3) is 0 Å². The molecule has 0 saturated carbocycles. The molecule has 0 spiro atoms. The Labute approximate surface area is 156 Å². The summed E-state index contributed by atoms with van der Waals surface area (Å²) in [5, 5.41) is 3.54. The molecule has 5 heteroatoms. The molecule has 1 aliphatic rings. The molecule has 5 nitrogen and oxygen atoms in total. The number of hydrogen-bond donors (Lipinski definition) is 1. The fraction of sp³-hybridized carbons (Fsp3) is 0.571. The standard InChI is InChI=1S/C21H31NO4/c1-4-10-19(20(23)24-3)21(25-15-16-26-21)13-8-9-14-22-17(2)18-11-6-5-7-12-18/h4-7,11-12,17,19,22H,1,8-10,13-16H2,2-3H3/t17-,19?/m0/s1. The summed E-state index contributed by atoms with van der Waals surface area (Å²) in [6.45, 7) is 7.83. The summed E-state index contributed by atoms with van der Waals surface area (Å²) < 4.78 is 16.7. The number of rotatable bonds is 11. The van der Waals surface area contributed by atoms with Crippen molar-refractivity contribution in [2.45, 2.75) is 44.4 Å². The van der Waals surface area contributed by atoms with E-state index in [9.17, 15) is 4.79 Å². The van der Waals surface area contributed by atoms with E-state index in [1.165, 1.54) is 12.7 Å². The number of methoxy groups -OCH3 is 1. The van der Waals surface area contributed by atoms with Gasteiger partial charge in [0.05, 0.1) is 20.3 Å². The third kappa shape index (κ3) is 5.40. The van der Waals surface area contributed by atoms with Crippen LogP contribution in [0.2, 0.25) is 0 Å². The Morgan fingerprint density at radius 2 is 2.00 bits per heavy atom. The maximum atomic E-state index is 12.2. The van der Waals surface area contributed by atoms with Gasteiger partial charge >= 0.3 is 5.97 Å². The lowest BCUT2D eigenvalue weighted by molar-refractivity contribution is -0.211. The first-order valence-corrected chi connectivity index (χ1v) is 9.38. The maximum absolute atomic E-state index is 12.2. The monoisotopic (exact) mass is 361 g/mol. The van der Waals surface area contributed by atoms with E-state index in [1.807, 2.05) is 6.07 Å². The van der Waals surface area contributed by atoms with Crippen LogP contribution in [0.5, 0.6) is 0 Å². The molecule has 2 rings (SSSR count). The van der Waals surface area contributed by atoms with Crippen LogP contribution in [0.25, 0.3) is 0 Å². The van der Waals surface area contributed by atoms with Crippen LogP contribution in [0.1, 0.15) is 44.2 Å². The van der Waals surface area contributed by atoms with Gasteiger partial charge in [-0.25, -0.2) is 0 Å². The molecule has 0 radical (unpaired) electrons. The van der Waals surface area contributed by atoms with E-state index in [0.29, 0.717) is 32.1 Å². The second kappa shape index (κ2) is 10.5. The Morgan fingerprint density at radius 1 is 1.31 bits per heavy atom. The Hall–Kier alpha value is -1.69. The summed E-state index contributed by atoms with van der Waals surface area (Å²) in [6, 6.07) is 10.7. The number of nitrogens with one attached hydrogen (secondary N) is 1. The first-order valence-electron chi connectivity index (χ1n) is 9.38. The smallest absolute Gasteiger partial charge is 0.314 e. The Kier molecular flexibility index (Phi) is 8.29. The van der Waals surface area contributed by atoms with Crippen molar-refractivity contribution in [2.75, 3.05) is 26.9 Å². The number of hydrogen-bond acceptors (Lipinski definition) is 5. The minimum absolute atomic E-state index is 0.303. The zero-order valence-electron chi connectivity index (χ0n) is 15.9. The number of benzene rings is 1. The van der Waals surface area contributed by atoms with Gasteiger partial charge in [-0.05, 0) is 38.3 Å².